The maximum Gasteiger partial charge on any atom is 0.250 e. The minimum atomic E-state index is 0.241. The molecule has 0 spiro atoms. The van der Waals surface area contributed by atoms with Gasteiger partial charge in [-0.15, -0.1) is 0 Å². The Bertz CT molecular complexity index is 1430. The van der Waals surface area contributed by atoms with E-state index in [0.29, 0.717) is 33.5 Å². The lowest BCUT2D eigenvalue weighted by Crippen LogP contribution is -2.07. The zero-order valence-electron chi connectivity index (χ0n) is 18.7. The third kappa shape index (κ3) is 5.99. The molecule has 0 saturated carbocycles. The second-order valence-electron chi connectivity index (χ2n) is 7.48. The fourth-order valence-electron chi connectivity index (χ4n) is 3.25. The highest BCUT2D eigenvalue weighted by atomic mass is 35.5. The molecule has 0 atom stereocenters. The van der Waals surface area contributed by atoms with Gasteiger partial charge in [-0.1, -0.05) is 59.6 Å². The standard InChI is InChI=1S/C26H19Cl2N7O/c27-17-11-13-21(22(28)15-17)23-14-12-20(36-23)16-29-35-26-33-24(30-18-7-3-1-4-8-18)32-25(34-26)31-19-9-5-2-6-10-19/h1-16H,(H3,30,31,32,33,34,35)/b29-16+. The molecule has 0 saturated heterocycles. The van der Waals surface area contributed by atoms with Crippen LogP contribution in [0.3, 0.4) is 0 Å². The number of halogens is 2. The van der Waals surface area contributed by atoms with Gasteiger partial charge in [-0.3, -0.25) is 0 Å². The van der Waals surface area contributed by atoms with E-state index in [1.165, 1.54) is 6.21 Å². The van der Waals surface area contributed by atoms with E-state index in [0.717, 1.165) is 16.9 Å². The molecular formula is C26H19Cl2N7O. The van der Waals surface area contributed by atoms with Crippen LogP contribution in [-0.2, 0) is 0 Å². The Morgan fingerprint density at radius 3 is 1.92 bits per heavy atom. The molecular weight excluding hydrogens is 497 g/mol. The lowest BCUT2D eigenvalue weighted by Gasteiger charge is -2.10. The van der Waals surface area contributed by atoms with Crippen LogP contribution in [-0.4, -0.2) is 21.2 Å². The van der Waals surface area contributed by atoms with Crippen LogP contribution in [0.5, 0.6) is 0 Å². The Morgan fingerprint density at radius 1 is 0.694 bits per heavy atom. The molecule has 5 aromatic rings. The molecule has 178 valence electrons. The van der Waals surface area contributed by atoms with Crippen LogP contribution in [0, 0.1) is 0 Å². The van der Waals surface area contributed by atoms with Gasteiger partial charge in [-0.05, 0) is 54.6 Å². The molecule has 0 bridgehead atoms. The molecule has 10 heteroatoms. The number of nitrogens with zero attached hydrogens (tertiary/aromatic N) is 4. The summed E-state index contributed by atoms with van der Waals surface area (Å²) in [6, 6.07) is 28.0. The van der Waals surface area contributed by atoms with E-state index in [9.17, 15) is 0 Å². The first-order valence-corrected chi connectivity index (χ1v) is 11.6. The second kappa shape index (κ2) is 10.9. The highest BCUT2D eigenvalue weighted by molar-refractivity contribution is 6.36. The second-order valence-corrected chi connectivity index (χ2v) is 8.33. The van der Waals surface area contributed by atoms with Crippen molar-refractivity contribution in [3.63, 3.8) is 0 Å². The van der Waals surface area contributed by atoms with Crippen molar-refractivity contribution in [1.82, 2.24) is 15.0 Å². The summed E-state index contributed by atoms with van der Waals surface area (Å²) >= 11 is 12.3. The van der Waals surface area contributed by atoms with Gasteiger partial charge in [-0.25, -0.2) is 5.43 Å². The zero-order valence-corrected chi connectivity index (χ0v) is 20.2. The van der Waals surface area contributed by atoms with E-state index in [-0.39, 0.29) is 5.95 Å². The summed E-state index contributed by atoms with van der Waals surface area (Å²) < 4.78 is 5.84. The Balaban J connectivity index is 1.35. The lowest BCUT2D eigenvalue weighted by atomic mass is 10.2. The molecule has 3 aromatic carbocycles. The number of rotatable bonds is 8. The van der Waals surface area contributed by atoms with Gasteiger partial charge in [0.05, 0.1) is 11.2 Å². The SMILES string of the molecule is Clc1ccc(-c2ccc(/C=N/Nc3nc(Nc4ccccc4)nc(Nc4ccccc4)n3)o2)c(Cl)c1. The predicted octanol–water partition coefficient (Wildman–Crippen LogP) is 7.37. The summed E-state index contributed by atoms with van der Waals surface area (Å²) in [5.74, 6) is 2.06. The van der Waals surface area contributed by atoms with E-state index in [1.807, 2.05) is 66.7 Å². The van der Waals surface area contributed by atoms with Gasteiger partial charge in [0.15, 0.2) is 0 Å². The van der Waals surface area contributed by atoms with Crippen molar-refractivity contribution < 1.29 is 4.42 Å². The maximum absolute atomic E-state index is 6.28. The fourth-order valence-corrected chi connectivity index (χ4v) is 3.75. The number of benzene rings is 3. The van der Waals surface area contributed by atoms with Crippen LogP contribution in [0.2, 0.25) is 10.0 Å². The Morgan fingerprint density at radius 2 is 1.31 bits per heavy atom. The van der Waals surface area contributed by atoms with Crippen molar-refractivity contribution in [1.29, 1.82) is 0 Å². The van der Waals surface area contributed by atoms with Crippen molar-refractivity contribution in [2.24, 2.45) is 5.10 Å². The summed E-state index contributed by atoms with van der Waals surface area (Å²) in [5.41, 5.74) is 5.25. The van der Waals surface area contributed by atoms with Crippen LogP contribution in [0.1, 0.15) is 5.76 Å². The number of hydrogen-bond acceptors (Lipinski definition) is 8. The normalized spacial score (nSPS) is 10.9. The van der Waals surface area contributed by atoms with Gasteiger partial charge in [-0.2, -0.15) is 20.1 Å². The number of aromatic nitrogens is 3. The number of hydrogen-bond donors (Lipinski definition) is 3. The zero-order chi connectivity index (χ0) is 24.7. The van der Waals surface area contributed by atoms with Crippen molar-refractivity contribution in [2.75, 3.05) is 16.1 Å². The molecule has 2 aromatic heterocycles. The summed E-state index contributed by atoms with van der Waals surface area (Å²) in [4.78, 5) is 13.3. The molecule has 36 heavy (non-hydrogen) atoms. The lowest BCUT2D eigenvalue weighted by molar-refractivity contribution is 0.575. The van der Waals surface area contributed by atoms with Crippen molar-refractivity contribution in [3.05, 3.63) is 107 Å². The van der Waals surface area contributed by atoms with Crippen molar-refractivity contribution in [3.8, 4) is 11.3 Å². The van der Waals surface area contributed by atoms with Gasteiger partial charge in [0.25, 0.3) is 0 Å². The first-order chi connectivity index (χ1) is 17.6. The minimum absolute atomic E-state index is 0.241. The summed E-state index contributed by atoms with van der Waals surface area (Å²) in [5, 5.41) is 11.6. The average Bonchev–Trinajstić information content (AvgIpc) is 3.34. The molecule has 3 N–H and O–H groups in total. The summed E-state index contributed by atoms with van der Waals surface area (Å²) in [6.07, 6.45) is 1.52. The molecule has 0 aliphatic heterocycles. The van der Waals surface area contributed by atoms with Crippen LogP contribution >= 0.6 is 23.2 Å². The van der Waals surface area contributed by atoms with Crippen molar-refractivity contribution >= 4 is 58.6 Å². The molecule has 0 radical (unpaired) electrons. The van der Waals surface area contributed by atoms with E-state index >= 15 is 0 Å². The molecule has 0 fully saturated rings. The Kier molecular flexibility index (Phi) is 7.07. The van der Waals surface area contributed by atoms with Crippen LogP contribution in [0.4, 0.5) is 29.2 Å². The highest BCUT2D eigenvalue weighted by Gasteiger charge is 2.10. The molecule has 8 nitrogen and oxygen atoms in total. The number of hydrazone groups is 1. The van der Waals surface area contributed by atoms with E-state index in [1.54, 1.807) is 24.3 Å². The molecule has 0 amide bonds. The smallest absolute Gasteiger partial charge is 0.250 e. The van der Waals surface area contributed by atoms with Gasteiger partial charge < -0.3 is 15.1 Å². The number of furan rings is 1. The van der Waals surface area contributed by atoms with Crippen LogP contribution < -0.4 is 16.1 Å². The maximum atomic E-state index is 6.28. The number of anilines is 5. The van der Waals surface area contributed by atoms with E-state index in [4.69, 9.17) is 27.6 Å². The first kappa shape index (κ1) is 23.3. The van der Waals surface area contributed by atoms with Gasteiger partial charge in [0.2, 0.25) is 17.8 Å². The Hall–Kier alpha value is -4.40. The third-order valence-corrected chi connectivity index (χ3v) is 5.42. The molecule has 0 aliphatic rings. The van der Waals surface area contributed by atoms with Gasteiger partial charge in [0.1, 0.15) is 11.5 Å². The largest absolute Gasteiger partial charge is 0.455 e. The van der Waals surface area contributed by atoms with E-state index < -0.39 is 0 Å². The van der Waals surface area contributed by atoms with Crippen molar-refractivity contribution in [2.45, 2.75) is 0 Å². The summed E-state index contributed by atoms with van der Waals surface area (Å²) in [6.45, 7) is 0. The topological polar surface area (TPSA) is 100 Å². The Labute approximate surface area is 217 Å². The minimum Gasteiger partial charge on any atom is -0.455 e. The quantitative estimate of drug-likeness (QED) is 0.146. The number of nitrogens with one attached hydrogen (secondary N) is 3. The van der Waals surface area contributed by atoms with Gasteiger partial charge in [0, 0.05) is 22.0 Å². The van der Waals surface area contributed by atoms with Crippen LogP contribution in [0.25, 0.3) is 11.3 Å². The third-order valence-electron chi connectivity index (χ3n) is 4.87. The molecule has 0 aliphatic carbocycles. The van der Waals surface area contributed by atoms with Crippen LogP contribution in [0.15, 0.2) is 101 Å². The monoisotopic (exact) mass is 515 g/mol. The molecule has 5 rings (SSSR count). The number of para-hydroxylation sites is 2. The first-order valence-electron chi connectivity index (χ1n) is 10.9. The fraction of sp³-hybridized carbons (Fsp3) is 0. The highest BCUT2D eigenvalue weighted by Crippen LogP contribution is 2.31. The van der Waals surface area contributed by atoms with Gasteiger partial charge >= 0.3 is 0 Å². The summed E-state index contributed by atoms with van der Waals surface area (Å²) in [7, 11) is 0. The predicted molar refractivity (Wildman–Crippen MR) is 145 cm³/mol. The average molecular weight is 516 g/mol. The van der Waals surface area contributed by atoms with E-state index in [2.05, 4.69) is 36.1 Å². The molecule has 2 heterocycles. The molecule has 0 unspecified atom stereocenters.